The van der Waals surface area contributed by atoms with E-state index >= 15 is 0 Å². The predicted molar refractivity (Wildman–Crippen MR) is 116 cm³/mol. The van der Waals surface area contributed by atoms with Crippen LogP contribution >= 0.6 is 0 Å². The molecule has 1 aliphatic rings. The van der Waals surface area contributed by atoms with E-state index in [1.54, 1.807) is 11.9 Å². The predicted octanol–water partition coefficient (Wildman–Crippen LogP) is 2.18. The van der Waals surface area contributed by atoms with Gasteiger partial charge in [0.15, 0.2) is 11.6 Å². The number of H-pyrrole nitrogens is 1. The number of benzene rings is 1. The number of rotatable bonds is 11. The van der Waals surface area contributed by atoms with Gasteiger partial charge in [-0.25, -0.2) is 22.3 Å². The highest BCUT2D eigenvalue weighted by Crippen LogP contribution is 2.28. The zero-order valence-electron chi connectivity index (χ0n) is 18.2. The Labute approximate surface area is 189 Å². The van der Waals surface area contributed by atoms with Crippen molar-refractivity contribution >= 4 is 10.0 Å². The van der Waals surface area contributed by atoms with Gasteiger partial charge in [-0.1, -0.05) is 6.07 Å². The van der Waals surface area contributed by atoms with Crippen molar-refractivity contribution in [1.29, 1.82) is 0 Å². The zero-order chi connectivity index (χ0) is 24.0. The monoisotopic (exact) mass is 487 g/mol. The summed E-state index contributed by atoms with van der Waals surface area (Å²) >= 11 is 0. The summed E-state index contributed by atoms with van der Waals surface area (Å²) in [5.74, 6) is -1.75. The van der Waals surface area contributed by atoms with Crippen molar-refractivity contribution in [3.05, 3.63) is 62.4 Å². The molecule has 0 amide bonds. The Kier molecular flexibility index (Phi) is 8.38. The van der Waals surface area contributed by atoms with Gasteiger partial charge in [-0.2, -0.15) is 4.39 Å². The molecule has 2 aromatic rings. The molecule has 1 saturated carbocycles. The Morgan fingerprint density at radius 2 is 1.94 bits per heavy atom. The molecule has 33 heavy (non-hydrogen) atoms. The van der Waals surface area contributed by atoms with Crippen LogP contribution in [0.15, 0.2) is 34.0 Å². The van der Waals surface area contributed by atoms with Crippen LogP contribution in [-0.4, -0.2) is 36.4 Å². The summed E-state index contributed by atoms with van der Waals surface area (Å²) in [6.45, 7) is 1.30. The maximum Gasteiger partial charge on any atom is 0.330 e. The number of nitrogens with one attached hydrogen (secondary N) is 2. The van der Waals surface area contributed by atoms with E-state index in [0.29, 0.717) is 11.8 Å². The maximum atomic E-state index is 14.1. The van der Waals surface area contributed by atoms with E-state index < -0.39 is 38.9 Å². The molecule has 0 aliphatic heterocycles. The smallest absolute Gasteiger partial charge is 0.330 e. The lowest BCUT2D eigenvalue weighted by Gasteiger charge is -2.18. The van der Waals surface area contributed by atoms with Crippen LogP contribution in [0.1, 0.15) is 50.6 Å². The fraction of sp³-hybridized carbons (Fsp3) is 0.524. The first kappa shape index (κ1) is 25.1. The summed E-state index contributed by atoms with van der Waals surface area (Å²) in [5.41, 5.74) is -1.38. The second-order valence-electron chi connectivity index (χ2n) is 7.97. The molecule has 0 unspecified atom stereocenters. The Morgan fingerprint density at radius 3 is 2.67 bits per heavy atom. The molecule has 1 heterocycles. The highest BCUT2D eigenvalue weighted by atomic mass is 32.2. The third-order valence-electron chi connectivity index (χ3n) is 5.31. The summed E-state index contributed by atoms with van der Waals surface area (Å²) in [6.07, 6.45) is 4.65. The number of nitrogens with zero attached hydrogens (tertiary/aromatic N) is 1. The Bertz CT molecular complexity index is 1180. The molecule has 0 saturated heterocycles. The van der Waals surface area contributed by atoms with Gasteiger partial charge < -0.3 is 9.47 Å². The van der Waals surface area contributed by atoms with Gasteiger partial charge >= 0.3 is 5.69 Å². The molecule has 3 rings (SSSR count). The van der Waals surface area contributed by atoms with Gasteiger partial charge in [0.05, 0.1) is 18.1 Å². The molecular formula is C21H27F2N3O6S. The van der Waals surface area contributed by atoms with Crippen LogP contribution in [0.5, 0.6) is 5.75 Å². The van der Waals surface area contributed by atoms with Gasteiger partial charge in [-0.15, -0.1) is 0 Å². The van der Waals surface area contributed by atoms with Crippen molar-refractivity contribution in [3.63, 3.8) is 0 Å². The van der Waals surface area contributed by atoms with E-state index in [0.717, 1.165) is 30.3 Å². The Morgan fingerprint density at radius 1 is 1.21 bits per heavy atom. The quantitative estimate of drug-likeness (QED) is 0.469. The van der Waals surface area contributed by atoms with Gasteiger partial charge in [0.2, 0.25) is 15.8 Å². The van der Waals surface area contributed by atoms with Crippen molar-refractivity contribution < 1.29 is 26.7 Å². The van der Waals surface area contributed by atoms with Crippen molar-refractivity contribution in [1.82, 2.24) is 14.3 Å². The third kappa shape index (κ3) is 7.21. The molecule has 0 radical (unpaired) electrons. The number of aromatic amines is 1. The highest BCUT2D eigenvalue weighted by Gasteiger charge is 2.21. The van der Waals surface area contributed by atoms with Crippen LogP contribution in [0, 0.1) is 11.6 Å². The van der Waals surface area contributed by atoms with Crippen LogP contribution in [0.3, 0.4) is 0 Å². The second-order valence-corrected chi connectivity index (χ2v) is 9.84. The lowest BCUT2D eigenvalue weighted by Crippen LogP contribution is -2.32. The molecule has 12 heteroatoms. The van der Waals surface area contributed by atoms with Crippen LogP contribution in [-0.2, 0) is 21.5 Å². The first-order chi connectivity index (χ1) is 15.6. The lowest BCUT2D eigenvalue weighted by molar-refractivity contribution is 0.0736. The van der Waals surface area contributed by atoms with E-state index in [4.69, 9.17) is 9.47 Å². The lowest BCUT2D eigenvalue weighted by atomic mass is 10.1. The summed E-state index contributed by atoms with van der Waals surface area (Å²) in [4.78, 5) is 24.3. The van der Waals surface area contributed by atoms with E-state index in [1.165, 1.54) is 18.2 Å². The van der Waals surface area contributed by atoms with Gasteiger partial charge in [0.25, 0.3) is 5.56 Å². The number of hydrogen-bond donors (Lipinski definition) is 2. The third-order valence-corrected chi connectivity index (χ3v) is 6.85. The second kappa shape index (κ2) is 11.0. The fourth-order valence-corrected chi connectivity index (χ4v) is 4.84. The van der Waals surface area contributed by atoms with Gasteiger partial charge in [0, 0.05) is 12.6 Å². The molecule has 1 fully saturated rings. The van der Waals surface area contributed by atoms with Crippen molar-refractivity contribution in [2.45, 2.75) is 57.9 Å². The van der Waals surface area contributed by atoms with Gasteiger partial charge in [0.1, 0.15) is 6.73 Å². The summed E-state index contributed by atoms with van der Waals surface area (Å²) in [6, 6.07) is 3.68. The van der Waals surface area contributed by atoms with E-state index in [1.807, 2.05) is 0 Å². The average molecular weight is 488 g/mol. The molecule has 9 nitrogen and oxygen atoms in total. The molecule has 1 aromatic heterocycles. The van der Waals surface area contributed by atoms with Crippen molar-refractivity contribution in [2.24, 2.45) is 0 Å². The summed E-state index contributed by atoms with van der Waals surface area (Å²) < 4.78 is 66.4. The van der Waals surface area contributed by atoms with E-state index in [-0.39, 0.29) is 37.4 Å². The number of hydrogen-bond acceptors (Lipinski definition) is 6. The molecule has 1 aliphatic carbocycles. The SMILES string of the molecule is C[C@@H](NS(=O)(=O)CCCOCn1cc(F)c(=O)[nH]c1=O)c1ccc(F)c(OC2CCCC2)c1. The van der Waals surface area contributed by atoms with Gasteiger partial charge in [-0.05, 0) is 56.7 Å². The number of sulfonamides is 1. The first-order valence-electron chi connectivity index (χ1n) is 10.7. The first-order valence-corrected chi connectivity index (χ1v) is 12.3. The maximum absolute atomic E-state index is 14.1. The summed E-state index contributed by atoms with van der Waals surface area (Å²) in [7, 11) is -3.68. The molecule has 0 spiro atoms. The van der Waals surface area contributed by atoms with Crippen molar-refractivity contribution in [3.8, 4) is 5.75 Å². The normalized spacial score (nSPS) is 15.6. The minimum atomic E-state index is -3.68. The number of aromatic nitrogens is 2. The van der Waals surface area contributed by atoms with E-state index in [9.17, 15) is 26.8 Å². The molecule has 1 aromatic carbocycles. The van der Waals surface area contributed by atoms with Crippen LogP contribution < -0.4 is 20.7 Å². The summed E-state index contributed by atoms with van der Waals surface area (Å²) in [5, 5.41) is 0. The minimum Gasteiger partial charge on any atom is -0.487 e. The Hall–Kier alpha value is -2.57. The number of ether oxygens (including phenoxy) is 2. The van der Waals surface area contributed by atoms with Crippen LogP contribution in [0.25, 0.3) is 0 Å². The molecule has 0 bridgehead atoms. The molecular weight excluding hydrogens is 460 g/mol. The highest BCUT2D eigenvalue weighted by molar-refractivity contribution is 7.89. The fourth-order valence-electron chi connectivity index (χ4n) is 3.55. The minimum absolute atomic E-state index is 0.0155. The molecule has 2 N–H and O–H groups in total. The zero-order valence-corrected chi connectivity index (χ0v) is 19.0. The van der Waals surface area contributed by atoms with Crippen LogP contribution in [0.2, 0.25) is 0 Å². The Balaban J connectivity index is 1.48. The molecule has 182 valence electrons. The van der Waals surface area contributed by atoms with Gasteiger partial charge in [-0.3, -0.25) is 14.3 Å². The van der Waals surface area contributed by atoms with E-state index in [2.05, 4.69) is 4.72 Å². The van der Waals surface area contributed by atoms with Crippen molar-refractivity contribution in [2.75, 3.05) is 12.4 Å². The van der Waals surface area contributed by atoms with Crippen LogP contribution in [0.4, 0.5) is 8.78 Å². The average Bonchev–Trinajstić information content (AvgIpc) is 3.25. The standard InChI is InChI=1S/C21H27F2N3O6S/c1-14(15-7-8-17(22)19(11-15)32-16-5-2-3-6-16)25-33(29,30)10-4-9-31-13-26-12-18(23)20(27)24-21(26)28/h7-8,11-12,14,16,25H,2-6,9-10,13H2,1H3,(H,24,27,28)/t14-/m1/s1. The molecule has 1 atom stereocenters. The largest absolute Gasteiger partial charge is 0.487 e. The number of halogens is 2. The topological polar surface area (TPSA) is 119 Å².